The molecule has 2 aromatic rings. The molecule has 0 amide bonds. The first-order valence-corrected chi connectivity index (χ1v) is 7.90. The molecular formula is C18H21BrClNO2. The standard InChI is InChI=1S/C18H20BrNO2.ClH/c1-18(2,3)13-8-12(10-20)17(22)15(9-13)16(21)11-4-6-14(19)7-5-11;/h4-9,22H,10,20H2,1-3H3;1H. The van der Waals surface area contributed by atoms with E-state index in [1.54, 1.807) is 18.2 Å². The topological polar surface area (TPSA) is 63.3 Å². The molecule has 0 aliphatic rings. The summed E-state index contributed by atoms with van der Waals surface area (Å²) in [6, 6.07) is 10.7. The first-order valence-electron chi connectivity index (χ1n) is 7.10. The molecule has 0 aromatic heterocycles. The first-order chi connectivity index (χ1) is 10.2. The summed E-state index contributed by atoms with van der Waals surface area (Å²) in [6.07, 6.45) is 0. The van der Waals surface area contributed by atoms with E-state index < -0.39 is 0 Å². The van der Waals surface area contributed by atoms with E-state index in [9.17, 15) is 9.90 Å². The molecule has 5 heteroatoms. The Bertz CT molecular complexity index is 706. The van der Waals surface area contributed by atoms with Gasteiger partial charge in [0.05, 0.1) is 5.56 Å². The van der Waals surface area contributed by atoms with E-state index in [0.29, 0.717) is 16.7 Å². The highest BCUT2D eigenvalue weighted by molar-refractivity contribution is 9.10. The lowest BCUT2D eigenvalue weighted by Crippen LogP contribution is -2.15. The highest BCUT2D eigenvalue weighted by Crippen LogP contribution is 2.32. The van der Waals surface area contributed by atoms with Gasteiger partial charge in [-0.1, -0.05) is 42.8 Å². The van der Waals surface area contributed by atoms with Crippen LogP contribution in [0.2, 0.25) is 0 Å². The van der Waals surface area contributed by atoms with Crippen LogP contribution in [0.4, 0.5) is 0 Å². The van der Waals surface area contributed by atoms with Crippen LogP contribution in [0, 0.1) is 0 Å². The largest absolute Gasteiger partial charge is 0.507 e. The van der Waals surface area contributed by atoms with Crippen LogP contribution in [-0.4, -0.2) is 10.9 Å². The number of aromatic hydroxyl groups is 1. The van der Waals surface area contributed by atoms with Crippen LogP contribution in [0.3, 0.4) is 0 Å². The van der Waals surface area contributed by atoms with Crippen molar-refractivity contribution >= 4 is 34.1 Å². The SMILES string of the molecule is CC(C)(C)c1cc(CN)c(O)c(C(=O)c2ccc(Br)cc2)c1.Cl. The van der Waals surface area contributed by atoms with Gasteiger partial charge in [0.25, 0.3) is 0 Å². The van der Waals surface area contributed by atoms with Gasteiger partial charge in [-0.05, 0) is 41.3 Å². The van der Waals surface area contributed by atoms with Crippen molar-refractivity contribution in [3.63, 3.8) is 0 Å². The lowest BCUT2D eigenvalue weighted by atomic mass is 9.83. The van der Waals surface area contributed by atoms with Crippen molar-refractivity contribution in [1.29, 1.82) is 0 Å². The second kappa shape index (κ2) is 7.47. The Kier molecular flexibility index (Phi) is 6.40. The van der Waals surface area contributed by atoms with E-state index in [-0.39, 0.29) is 35.9 Å². The summed E-state index contributed by atoms with van der Waals surface area (Å²) in [5.74, 6) is -0.228. The van der Waals surface area contributed by atoms with Crippen LogP contribution in [0.1, 0.15) is 47.8 Å². The van der Waals surface area contributed by atoms with Crippen molar-refractivity contribution in [2.75, 3.05) is 0 Å². The highest BCUT2D eigenvalue weighted by atomic mass is 79.9. The van der Waals surface area contributed by atoms with Crippen LogP contribution >= 0.6 is 28.3 Å². The van der Waals surface area contributed by atoms with Crippen LogP contribution in [0.25, 0.3) is 0 Å². The summed E-state index contributed by atoms with van der Waals surface area (Å²) in [5, 5.41) is 10.4. The minimum Gasteiger partial charge on any atom is -0.507 e. The predicted octanol–water partition coefficient (Wildman–Crippen LogP) is 4.56. The summed E-state index contributed by atoms with van der Waals surface area (Å²) >= 11 is 3.35. The minimum atomic E-state index is -0.203. The molecular weight excluding hydrogens is 378 g/mol. The molecule has 0 radical (unpaired) electrons. The molecule has 3 nitrogen and oxygen atoms in total. The fourth-order valence-corrected chi connectivity index (χ4v) is 2.48. The van der Waals surface area contributed by atoms with Gasteiger partial charge in [-0.15, -0.1) is 12.4 Å². The number of rotatable bonds is 3. The lowest BCUT2D eigenvalue weighted by Gasteiger charge is -2.22. The van der Waals surface area contributed by atoms with Gasteiger partial charge in [0, 0.05) is 22.1 Å². The molecule has 124 valence electrons. The summed E-state index contributed by atoms with van der Waals surface area (Å²) in [5.41, 5.74) is 7.98. The van der Waals surface area contributed by atoms with Crippen molar-refractivity contribution in [1.82, 2.24) is 0 Å². The summed E-state index contributed by atoms with van der Waals surface area (Å²) < 4.78 is 0.902. The molecule has 0 atom stereocenters. The summed E-state index contributed by atoms with van der Waals surface area (Å²) in [6.45, 7) is 6.38. The van der Waals surface area contributed by atoms with E-state index in [2.05, 4.69) is 36.7 Å². The monoisotopic (exact) mass is 397 g/mol. The normalized spacial score (nSPS) is 11.0. The number of hydrogen-bond acceptors (Lipinski definition) is 3. The van der Waals surface area contributed by atoms with Gasteiger partial charge in [-0.2, -0.15) is 0 Å². The fraction of sp³-hybridized carbons (Fsp3) is 0.278. The van der Waals surface area contributed by atoms with Gasteiger partial charge in [-0.25, -0.2) is 0 Å². The molecule has 3 N–H and O–H groups in total. The Balaban J connectivity index is 0.00000264. The fourth-order valence-electron chi connectivity index (χ4n) is 2.21. The zero-order valence-electron chi connectivity index (χ0n) is 13.4. The predicted molar refractivity (Wildman–Crippen MR) is 99.5 cm³/mol. The Labute approximate surface area is 151 Å². The minimum absolute atomic E-state index is 0. The van der Waals surface area contributed by atoms with Gasteiger partial charge in [0.15, 0.2) is 5.78 Å². The number of benzene rings is 2. The molecule has 0 fully saturated rings. The van der Waals surface area contributed by atoms with E-state index in [1.165, 1.54) is 0 Å². The molecule has 0 unspecified atom stereocenters. The Morgan fingerprint density at radius 3 is 2.22 bits per heavy atom. The molecule has 0 bridgehead atoms. The second-order valence-electron chi connectivity index (χ2n) is 6.32. The number of carbonyl (C=O) groups is 1. The van der Waals surface area contributed by atoms with E-state index in [4.69, 9.17) is 5.73 Å². The van der Waals surface area contributed by atoms with Crippen LogP contribution < -0.4 is 5.73 Å². The van der Waals surface area contributed by atoms with E-state index in [0.717, 1.165) is 10.0 Å². The van der Waals surface area contributed by atoms with Crippen LogP contribution in [0.15, 0.2) is 40.9 Å². The second-order valence-corrected chi connectivity index (χ2v) is 7.24. The summed E-state index contributed by atoms with van der Waals surface area (Å²) in [4.78, 5) is 12.7. The molecule has 0 heterocycles. The Hall–Kier alpha value is -1.36. The lowest BCUT2D eigenvalue weighted by molar-refractivity contribution is 0.103. The number of phenolic OH excluding ortho intramolecular Hbond substituents is 1. The van der Waals surface area contributed by atoms with Gasteiger partial charge < -0.3 is 10.8 Å². The number of halogens is 2. The molecule has 0 saturated carbocycles. The number of nitrogens with two attached hydrogens (primary N) is 1. The number of phenols is 1. The highest BCUT2D eigenvalue weighted by Gasteiger charge is 2.22. The number of ketones is 1. The van der Waals surface area contributed by atoms with Crippen molar-refractivity contribution in [2.24, 2.45) is 5.73 Å². The number of hydrogen-bond donors (Lipinski definition) is 2. The third-order valence-corrected chi connectivity index (χ3v) is 4.15. The molecule has 23 heavy (non-hydrogen) atoms. The molecule has 0 aliphatic carbocycles. The van der Waals surface area contributed by atoms with Crippen molar-refractivity contribution < 1.29 is 9.90 Å². The Morgan fingerprint density at radius 2 is 1.74 bits per heavy atom. The van der Waals surface area contributed by atoms with Gasteiger partial charge in [0.1, 0.15) is 5.75 Å². The maximum Gasteiger partial charge on any atom is 0.196 e. The van der Waals surface area contributed by atoms with Crippen LogP contribution in [0.5, 0.6) is 5.75 Å². The van der Waals surface area contributed by atoms with Gasteiger partial charge in [-0.3, -0.25) is 4.79 Å². The van der Waals surface area contributed by atoms with Crippen molar-refractivity contribution in [3.8, 4) is 5.75 Å². The van der Waals surface area contributed by atoms with E-state index in [1.807, 2.05) is 18.2 Å². The number of carbonyl (C=O) groups excluding carboxylic acids is 1. The zero-order valence-corrected chi connectivity index (χ0v) is 15.8. The molecule has 0 spiro atoms. The quantitative estimate of drug-likeness (QED) is 0.745. The molecule has 2 rings (SSSR count). The average Bonchev–Trinajstić information content (AvgIpc) is 2.46. The summed E-state index contributed by atoms with van der Waals surface area (Å²) in [7, 11) is 0. The maximum absolute atomic E-state index is 12.7. The van der Waals surface area contributed by atoms with Gasteiger partial charge >= 0.3 is 0 Å². The smallest absolute Gasteiger partial charge is 0.196 e. The average molecular weight is 399 g/mol. The molecule has 0 saturated heterocycles. The molecule has 2 aromatic carbocycles. The van der Waals surface area contributed by atoms with Crippen molar-refractivity contribution in [3.05, 3.63) is 63.1 Å². The van der Waals surface area contributed by atoms with Gasteiger partial charge in [0.2, 0.25) is 0 Å². The van der Waals surface area contributed by atoms with Crippen molar-refractivity contribution in [2.45, 2.75) is 32.7 Å². The zero-order chi connectivity index (χ0) is 16.5. The third kappa shape index (κ3) is 4.34. The van der Waals surface area contributed by atoms with E-state index >= 15 is 0 Å². The third-order valence-electron chi connectivity index (χ3n) is 3.63. The molecule has 0 aliphatic heterocycles. The first kappa shape index (κ1) is 19.7. The maximum atomic E-state index is 12.7. The Morgan fingerprint density at radius 1 is 1.17 bits per heavy atom. The van der Waals surface area contributed by atoms with Crippen LogP contribution in [-0.2, 0) is 12.0 Å².